The van der Waals surface area contributed by atoms with Gasteiger partial charge in [0.15, 0.2) is 0 Å². The van der Waals surface area contributed by atoms with Gasteiger partial charge in [-0.3, -0.25) is 0 Å². The Bertz CT molecular complexity index is 416. The highest BCUT2D eigenvalue weighted by Gasteiger charge is 2.04. The molecule has 0 radical (unpaired) electrons. The molecule has 2 rings (SSSR count). The second kappa shape index (κ2) is 4.31. The van der Waals surface area contributed by atoms with Gasteiger partial charge in [-0.25, -0.2) is 0 Å². The summed E-state index contributed by atoms with van der Waals surface area (Å²) in [6.07, 6.45) is 8.95. The predicted octanol–water partition coefficient (Wildman–Crippen LogP) is 4.28. The van der Waals surface area contributed by atoms with Crippen LogP contribution in [0.2, 0.25) is 0 Å². The average molecular weight is 196 g/mol. The van der Waals surface area contributed by atoms with E-state index in [1.165, 1.54) is 16.7 Å². The van der Waals surface area contributed by atoms with Gasteiger partial charge in [0.1, 0.15) is 0 Å². The van der Waals surface area contributed by atoms with Gasteiger partial charge < -0.3 is 0 Å². The summed E-state index contributed by atoms with van der Waals surface area (Å²) in [7, 11) is 0. The lowest BCUT2D eigenvalue weighted by Gasteiger charge is -2.10. The molecule has 0 unspecified atom stereocenters. The van der Waals surface area contributed by atoms with Crippen molar-refractivity contribution in [2.75, 3.05) is 0 Å². The van der Waals surface area contributed by atoms with Crippen molar-refractivity contribution < 1.29 is 0 Å². The first kappa shape index (κ1) is 9.97. The predicted molar refractivity (Wildman–Crippen MR) is 66.7 cm³/mol. The second-order valence-electron chi connectivity index (χ2n) is 3.98. The zero-order chi connectivity index (χ0) is 10.7. The molecule has 0 amide bonds. The Hall–Kier alpha value is -1.56. The van der Waals surface area contributed by atoms with Gasteiger partial charge in [0.2, 0.25) is 0 Å². The van der Waals surface area contributed by atoms with Crippen LogP contribution in [0.3, 0.4) is 0 Å². The Labute approximate surface area is 91.6 Å². The van der Waals surface area contributed by atoms with E-state index in [9.17, 15) is 0 Å². The van der Waals surface area contributed by atoms with Crippen LogP contribution in [-0.4, -0.2) is 0 Å². The van der Waals surface area contributed by atoms with Crippen molar-refractivity contribution in [2.24, 2.45) is 0 Å². The molecule has 0 aliphatic heterocycles. The van der Waals surface area contributed by atoms with Crippen LogP contribution in [0.15, 0.2) is 54.6 Å². The number of hydrogen-bond acceptors (Lipinski definition) is 0. The molecule has 1 aliphatic carbocycles. The maximum atomic E-state index is 4.16. The van der Waals surface area contributed by atoms with E-state index in [1.54, 1.807) is 0 Å². The number of hydrogen-bond donors (Lipinski definition) is 0. The molecule has 15 heavy (non-hydrogen) atoms. The third-order valence-corrected chi connectivity index (χ3v) is 2.74. The first-order valence-corrected chi connectivity index (χ1v) is 5.40. The van der Waals surface area contributed by atoms with E-state index in [0.29, 0.717) is 0 Å². The first-order valence-electron chi connectivity index (χ1n) is 5.40. The van der Waals surface area contributed by atoms with Gasteiger partial charge in [-0.1, -0.05) is 54.6 Å². The molecule has 1 aliphatic rings. The van der Waals surface area contributed by atoms with Crippen LogP contribution in [-0.2, 0) is 0 Å². The van der Waals surface area contributed by atoms with Crippen molar-refractivity contribution in [2.45, 2.75) is 19.8 Å². The van der Waals surface area contributed by atoms with Gasteiger partial charge in [0, 0.05) is 0 Å². The lowest BCUT2D eigenvalue weighted by atomic mass is 9.95. The van der Waals surface area contributed by atoms with E-state index in [0.717, 1.165) is 18.4 Å². The second-order valence-corrected chi connectivity index (χ2v) is 3.98. The van der Waals surface area contributed by atoms with E-state index in [1.807, 2.05) is 0 Å². The van der Waals surface area contributed by atoms with Gasteiger partial charge in [-0.05, 0) is 36.5 Å². The summed E-state index contributed by atoms with van der Waals surface area (Å²) in [5.41, 5.74) is 4.91. The Kier molecular flexibility index (Phi) is 2.86. The molecule has 0 nitrogen and oxygen atoms in total. The minimum absolute atomic E-state index is 1.13. The summed E-state index contributed by atoms with van der Waals surface area (Å²) in [5, 5.41) is 0. The smallest absolute Gasteiger partial charge is 0.0184 e. The third-order valence-electron chi connectivity index (χ3n) is 2.74. The zero-order valence-electron chi connectivity index (χ0n) is 9.16. The van der Waals surface area contributed by atoms with Crippen molar-refractivity contribution >= 4 is 5.57 Å². The van der Waals surface area contributed by atoms with E-state index in [2.05, 4.69) is 56.0 Å². The molecule has 0 heterocycles. The Morgan fingerprint density at radius 3 is 2.47 bits per heavy atom. The molecule has 0 saturated heterocycles. The summed E-state index contributed by atoms with van der Waals surface area (Å²) in [5.74, 6) is 0. The van der Waals surface area contributed by atoms with Crippen LogP contribution >= 0.6 is 0 Å². The van der Waals surface area contributed by atoms with Crippen molar-refractivity contribution in [3.63, 3.8) is 0 Å². The molecule has 0 fully saturated rings. The normalized spacial score (nSPS) is 14.9. The lowest BCUT2D eigenvalue weighted by Crippen LogP contribution is -1.89. The fourth-order valence-electron chi connectivity index (χ4n) is 1.76. The van der Waals surface area contributed by atoms with Crippen LogP contribution in [0, 0.1) is 6.92 Å². The van der Waals surface area contributed by atoms with Crippen LogP contribution in [0.1, 0.15) is 24.0 Å². The minimum atomic E-state index is 1.13. The molecule has 0 heteroatoms. The SMILES string of the molecule is C=C(C1=CCCC=C1)c1ccc(C)cc1. The van der Waals surface area contributed by atoms with Crippen molar-refractivity contribution in [3.8, 4) is 0 Å². The fourth-order valence-corrected chi connectivity index (χ4v) is 1.76. The zero-order valence-corrected chi connectivity index (χ0v) is 9.16. The highest BCUT2D eigenvalue weighted by molar-refractivity contribution is 5.80. The molecule has 0 bridgehead atoms. The topological polar surface area (TPSA) is 0 Å². The molecular formula is C15H16. The largest absolute Gasteiger partial charge is 0.0906 e. The number of rotatable bonds is 2. The highest BCUT2D eigenvalue weighted by atomic mass is 14.1. The lowest BCUT2D eigenvalue weighted by molar-refractivity contribution is 1.03. The van der Waals surface area contributed by atoms with Gasteiger partial charge in [-0.15, -0.1) is 0 Å². The molecular weight excluding hydrogens is 180 g/mol. The Balaban J connectivity index is 2.24. The van der Waals surface area contributed by atoms with Crippen molar-refractivity contribution in [1.82, 2.24) is 0 Å². The summed E-state index contributed by atoms with van der Waals surface area (Å²) < 4.78 is 0. The van der Waals surface area contributed by atoms with Gasteiger partial charge >= 0.3 is 0 Å². The fraction of sp³-hybridized carbons (Fsp3) is 0.200. The molecule has 0 saturated carbocycles. The number of allylic oxidation sites excluding steroid dienone is 5. The Morgan fingerprint density at radius 2 is 1.87 bits per heavy atom. The summed E-state index contributed by atoms with van der Waals surface area (Å²) >= 11 is 0. The van der Waals surface area contributed by atoms with Gasteiger partial charge in [0.05, 0.1) is 0 Å². The third kappa shape index (κ3) is 2.27. The highest BCUT2D eigenvalue weighted by Crippen LogP contribution is 2.25. The van der Waals surface area contributed by atoms with Crippen LogP contribution < -0.4 is 0 Å². The summed E-state index contributed by atoms with van der Waals surface area (Å²) in [6, 6.07) is 8.54. The monoisotopic (exact) mass is 196 g/mol. The first-order chi connectivity index (χ1) is 7.27. The van der Waals surface area contributed by atoms with Crippen molar-refractivity contribution in [1.29, 1.82) is 0 Å². The number of benzene rings is 1. The molecule has 76 valence electrons. The van der Waals surface area contributed by atoms with Crippen LogP contribution in [0.5, 0.6) is 0 Å². The van der Waals surface area contributed by atoms with E-state index in [-0.39, 0.29) is 0 Å². The van der Waals surface area contributed by atoms with E-state index >= 15 is 0 Å². The number of aryl methyl sites for hydroxylation is 1. The standard InChI is InChI=1S/C15H16/c1-12-8-10-15(11-9-12)13(2)14-6-4-3-5-7-14/h4,6-11H,2-3,5H2,1H3. The minimum Gasteiger partial charge on any atom is -0.0906 e. The quantitative estimate of drug-likeness (QED) is 0.662. The molecule has 1 aromatic rings. The molecule has 0 aromatic heterocycles. The molecule has 0 atom stereocenters. The van der Waals surface area contributed by atoms with E-state index in [4.69, 9.17) is 0 Å². The molecule has 0 N–H and O–H groups in total. The van der Waals surface area contributed by atoms with Crippen LogP contribution in [0.25, 0.3) is 5.57 Å². The van der Waals surface area contributed by atoms with Crippen LogP contribution in [0.4, 0.5) is 0 Å². The van der Waals surface area contributed by atoms with Crippen molar-refractivity contribution in [3.05, 3.63) is 65.8 Å². The summed E-state index contributed by atoms with van der Waals surface area (Å²) in [4.78, 5) is 0. The maximum Gasteiger partial charge on any atom is -0.0184 e. The van der Waals surface area contributed by atoms with Gasteiger partial charge in [-0.2, -0.15) is 0 Å². The average Bonchev–Trinajstić information content (AvgIpc) is 2.30. The summed E-state index contributed by atoms with van der Waals surface area (Å²) in [6.45, 7) is 6.26. The molecule has 1 aromatic carbocycles. The van der Waals surface area contributed by atoms with E-state index < -0.39 is 0 Å². The molecule has 0 spiro atoms. The maximum absolute atomic E-state index is 4.16. The van der Waals surface area contributed by atoms with Gasteiger partial charge in [0.25, 0.3) is 0 Å². The Morgan fingerprint density at radius 1 is 1.13 bits per heavy atom.